The number of amides is 1. The van der Waals surface area contributed by atoms with E-state index in [1.807, 2.05) is 6.07 Å². The first-order valence-electron chi connectivity index (χ1n) is 5.50. The molecule has 0 spiro atoms. The summed E-state index contributed by atoms with van der Waals surface area (Å²) >= 11 is 11.7. The Morgan fingerprint density at radius 3 is 2.47 bits per heavy atom. The zero-order valence-corrected chi connectivity index (χ0v) is 11.3. The molecule has 1 amide bonds. The van der Waals surface area contributed by atoms with Gasteiger partial charge in [-0.3, -0.25) is 4.79 Å². The van der Waals surface area contributed by atoms with Crippen molar-refractivity contribution < 1.29 is 4.79 Å². The maximum absolute atomic E-state index is 11.7. The lowest BCUT2D eigenvalue weighted by molar-refractivity contribution is 0.0955. The number of hydrazone groups is 1. The van der Waals surface area contributed by atoms with Crippen LogP contribution in [0.15, 0.2) is 53.6 Å². The van der Waals surface area contributed by atoms with Gasteiger partial charge in [-0.05, 0) is 29.8 Å². The van der Waals surface area contributed by atoms with Gasteiger partial charge in [0.15, 0.2) is 0 Å². The summed E-state index contributed by atoms with van der Waals surface area (Å²) in [5.74, 6) is -0.267. The van der Waals surface area contributed by atoms with Crippen molar-refractivity contribution in [3.8, 4) is 0 Å². The second-order valence-electron chi connectivity index (χ2n) is 3.74. The lowest BCUT2D eigenvalue weighted by Gasteiger charge is -1.99. The molecule has 0 aliphatic heterocycles. The summed E-state index contributed by atoms with van der Waals surface area (Å²) in [6.07, 6.45) is 1.50. The largest absolute Gasteiger partial charge is 0.271 e. The highest BCUT2D eigenvalue weighted by Gasteiger charge is 2.01. The Balaban J connectivity index is 2.00. The van der Waals surface area contributed by atoms with Crippen molar-refractivity contribution in [1.29, 1.82) is 0 Å². The molecule has 0 unspecified atom stereocenters. The predicted octanol–water partition coefficient (Wildman–Crippen LogP) is 3.76. The zero-order chi connectivity index (χ0) is 13.7. The number of benzene rings is 2. The van der Waals surface area contributed by atoms with Gasteiger partial charge >= 0.3 is 0 Å². The summed E-state index contributed by atoms with van der Waals surface area (Å²) in [4.78, 5) is 11.7. The van der Waals surface area contributed by atoms with Gasteiger partial charge in [-0.25, -0.2) is 5.43 Å². The molecule has 19 heavy (non-hydrogen) atoms. The molecule has 0 saturated heterocycles. The molecule has 0 radical (unpaired) electrons. The first-order chi connectivity index (χ1) is 9.16. The van der Waals surface area contributed by atoms with E-state index in [0.29, 0.717) is 15.6 Å². The summed E-state index contributed by atoms with van der Waals surface area (Å²) < 4.78 is 0. The van der Waals surface area contributed by atoms with Crippen LogP contribution >= 0.6 is 23.2 Å². The minimum absolute atomic E-state index is 0.267. The highest BCUT2D eigenvalue weighted by molar-refractivity contribution is 6.42. The molecule has 5 heteroatoms. The van der Waals surface area contributed by atoms with Crippen molar-refractivity contribution in [2.24, 2.45) is 5.10 Å². The van der Waals surface area contributed by atoms with Crippen LogP contribution in [0.5, 0.6) is 0 Å². The van der Waals surface area contributed by atoms with Gasteiger partial charge in [-0.15, -0.1) is 0 Å². The predicted molar refractivity (Wildman–Crippen MR) is 78.0 cm³/mol. The minimum atomic E-state index is -0.267. The van der Waals surface area contributed by atoms with Gasteiger partial charge in [0.2, 0.25) is 0 Å². The highest BCUT2D eigenvalue weighted by atomic mass is 35.5. The Bertz CT molecular complexity index is 612. The van der Waals surface area contributed by atoms with E-state index in [1.54, 1.807) is 42.5 Å². The van der Waals surface area contributed by atoms with Gasteiger partial charge < -0.3 is 0 Å². The summed E-state index contributed by atoms with van der Waals surface area (Å²) in [5.41, 5.74) is 3.74. The van der Waals surface area contributed by atoms with E-state index < -0.39 is 0 Å². The van der Waals surface area contributed by atoms with Crippen LogP contribution in [0, 0.1) is 0 Å². The first-order valence-corrected chi connectivity index (χ1v) is 6.26. The van der Waals surface area contributed by atoms with Crippen LogP contribution in [0.25, 0.3) is 0 Å². The molecule has 0 aliphatic carbocycles. The summed E-state index contributed by atoms with van der Waals surface area (Å²) in [7, 11) is 0. The molecule has 3 nitrogen and oxygen atoms in total. The number of nitrogens with one attached hydrogen (secondary N) is 1. The molecule has 0 fully saturated rings. The molecular formula is C14H10Cl2N2O. The van der Waals surface area contributed by atoms with Crippen LogP contribution < -0.4 is 5.43 Å². The maximum Gasteiger partial charge on any atom is 0.271 e. The molecule has 0 aromatic heterocycles. The van der Waals surface area contributed by atoms with E-state index in [1.165, 1.54) is 6.21 Å². The van der Waals surface area contributed by atoms with E-state index in [2.05, 4.69) is 10.5 Å². The Morgan fingerprint density at radius 1 is 1.05 bits per heavy atom. The van der Waals surface area contributed by atoms with Crippen LogP contribution in [0.3, 0.4) is 0 Å². The number of hydrogen-bond acceptors (Lipinski definition) is 2. The van der Waals surface area contributed by atoms with Crippen molar-refractivity contribution >= 4 is 35.3 Å². The number of nitrogens with zero attached hydrogens (tertiary/aromatic N) is 1. The number of halogens is 2. The second-order valence-corrected chi connectivity index (χ2v) is 4.55. The number of rotatable bonds is 3. The van der Waals surface area contributed by atoms with Crippen molar-refractivity contribution in [2.75, 3.05) is 0 Å². The third-order valence-corrected chi connectivity index (χ3v) is 3.10. The number of carbonyl (C=O) groups is 1. The average molecular weight is 293 g/mol. The quantitative estimate of drug-likeness (QED) is 0.679. The molecule has 0 heterocycles. The second kappa shape index (κ2) is 6.36. The van der Waals surface area contributed by atoms with Crippen molar-refractivity contribution in [1.82, 2.24) is 5.43 Å². The van der Waals surface area contributed by atoms with Crippen molar-refractivity contribution in [3.63, 3.8) is 0 Å². The molecule has 2 aromatic carbocycles. The molecule has 0 aliphatic rings. The Hall–Kier alpha value is -1.84. The molecule has 2 aromatic rings. The molecule has 0 bridgehead atoms. The topological polar surface area (TPSA) is 41.5 Å². The standard InChI is InChI=1S/C14H10Cl2N2O/c15-12-7-6-10(8-13(12)16)9-17-18-14(19)11-4-2-1-3-5-11/h1-9H,(H,18,19)/b17-9+. The van der Waals surface area contributed by atoms with Gasteiger partial charge in [0.05, 0.1) is 16.3 Å². The van der Waals surface area contributed by atoms with Crippen LogP contribution in [0.1, 0.15) is 15.9 Å². The monoisotopic (exact) mass is 292 g/mol. The van der Waals surface area contributed by atoms with Crippen LogP contribution in [-0.2, 0) is 0 Å². The molecule has 0 saturated carbocycles. The van der Waals surface area contributed by atoms with E-state index in [9.17, 15) is 4.79 Å². The number of hydrogen-bond donors (Lipinski definition) is 1. The zero-order valence-electron chi connectivity index (χ0n) is 9.81. The fourth-order valence-corrected chi connectivity index (χ4v) is 1.72. The SMILES string of the molecule is O=C(N/N=C/c1ccc(Cl)c(Cl)c1)c1ccccc1. The van der Waals surface area contributed by atoms with E-state index >= 15 is 0 Å². The normalized spacial score (nSPS) is 10.6. The average Bonchev–Trinajstić information content (AvgIpc) is 2.43. The van der Waals surface area contributed by atoms with E-state index in [-0.39, 0.29) is 5.91 Å². The molecule has 96 valence electrons. The third-order valence-electron chi connectivity index (χ3n) is 2.36. The highest BCUT2D eigenvalue weighted by Crippen LogP contribution is 2.21. The van der Waals surface area contributed by atoms with Crippen molar-refractivity contribution in [2.45, 2.75) is 0 Å². The van der Waals surface area contributed by atoms with Crippen LogP contribution in [-0.4, -0.2) is 12.1 Å². The summed E-state index contributed by atoms with van der Waals surface area (Å²) in [6.45, 7) is 0. The van der Waals surface area contributed by atoms with Gasteiger partial charge in [-0.1, -0.05) is 47.5 Å². The van der Waals surface area contributed by atoms with Gasteiger partial charge in [-0.2, -0.15) is 5.10 Å². The maximum atomic E-state index is 11.7. The fraction of sp³-hybridized carbons (Fsp3) is 0. The summed E-state index contributed by atoms with van der Waals surface area (Å²) in [5, 5.41) is 4.79. The smallest absolute Gasteiger partial charge is 0.267 e. The lowest BCUT2D eigenvalue weighted by Crippen LogP contribution is -2.17. The Kier molecular flexibility index (Phi) is 4.55. The molecule has 0 atom stereocenters. The first kappa shape index (κ1) is 13.6. The third kappa shape index (κ3) is 3.81. The lowest BCUT2D eigenvalue weighted by atomic mass is 10.2. The minimum Gasteiger partial charge on any atom is -0.267 e. The van der Waals surface area contributed by atoms with E-state index in [0.717, 1.165) is 5.56 Å². The molecule has 1 N–H and O–H groups in total. The van der Waals surface area contributed by atoms with E-state index in [4.69, 9.17) is 23.2 Å². The Morgan fingerprint density at radius 2 is 1.79 bits per heavy atom. The van der Waals surface area contributed by atoms with Crippen molar-refractivity contribution in [3.05, 3.63) is 69.7 Å². The van der Waals surface area contributed by atoms with Gasteiger partial charge in [0.1, 0.15) is 0 Å². The summed E-state index contributed by atoms with van der Waals surface area (Å²) in [6, 6.07) is 13.9. The van der Waals surface area contributed by atoms with Gasteiger partial charge in [0, 0.05) is 5.56 Å². The Labute approximate surface area is 120 Å². The molecule has 2 rings (SSSR count). The van der Waals surface area contributed by atoms with Crippen LogP contribution in [0.2, 0.25) is 10.0 Å². The fourth-order valence-electron chi connectivity index (χ4n) is 1.41. The van der Waals surface area contributed by atoms with Crippen LogP contribution in [0.4, 0.5) is 0 Å². The number of carbonyl (C=O) groups excluding carboxylic acids is 1. The molecular weight excluding hydrogens is 283 g/mol. The van der Waals surface area contributed by atoms with Gasteiger partial charge in [0.25, 0.3) is 5.91 Å².